The molecule has 28 heavy (non-hydrogen) atoms. The Kier molecular flexibility index (Phi) is 5.00. The number of carbonyl (C=O) groups excluding carboxylic acids is 1. The summed E-state index contributed by atoms with van der Waals surface area (Å²) in [5.41, 5.74) is 3.27. The number of nitrogens with zero attached hydrogens (tertiary/aromatic N) is 1. The van der Waals surface area contributed by atoms with Gasteiger partial charge in [0.25, 0.3) is 5.91 Å². The average Bonchev–Trinajstić information content (AvgIpc) is 3.26. The number of benzene rings is 2. The molecule has 0 aliphatic rings. The van der Waals surface area contributed by atoms with Crippen molar-refractivity contribution in [2.75, 3.05) is 5.32 Å². The van der Waals surface area contributed by atoms with Crippen molar-refractivity contribution >= 4 is 55.4 Å². The molecule has 0 unspecified atom stereocenters. The maximum absolute atomic E-state index is 12.7. The summed E-state index contributed by atoms with van der Waals surface area (Å²) in [5, 5.41) is 6.79. The minimum atomic E-state index is -0.227. The monoisotopic (exact) mass is 426 g/mol. The number of anilines is 1. The molecule has 0 fully saturated rings. The van der Waals surface area contributed by atoms with Gasteiger partial charge in [0.1, 0.15) is 4.88 Å². The smallest absolute Gasteiger partial charge is 0.269 e. The number of aromatic nitrogens is 1. The fourth-order valence-electron chi connectivity index (χ4n) is 2.92. The van der Waals surface area contributed by atoms with Crippen LogP contribution in [0.5, 0.6) is 0 Å². The standard InChI is InChI=1S/C22H19ClN2OS2/c1-22(2,3)14-10-8-13(9-11-14)16-12-27-21(24-16)25-20(26)19-18(23)15-6-4-5-7-17(15)28-19/h4-12H,1-3H3,(H,24,25,26). The molecule has 0 saturated carbocycles. The Morgan fingerprint density at radius 1 is 1.07 bits per heavy atom. The lowest BCUT2D eigenvalue weighted by atomic mass is 9.86. The quantitative estimate of drug-likeness (QED) is 0.375. The summed E-state index contributed by atoms with van der Waals surface area (Å²) in [5.74, 6) is -0.227. The zero-order valence-corrected chi connectivity index (χ0v) is 18.1. The van der Waals surface area contributed by atoms with Crippen LogP contribution in [0.3, 0.4) is 0 Å². The van der Waals surface area contributed by atoms with Gasteiger partial charge in [0.15, 0.2) is 5.13 Å². The molecule has 2 aromatic heterocycles. The van der Waals surface area contributed by atoms with E-state index < -0.39 is 0 Å². The Morgan fingerprint density at radius 2 is 1.79 bits per heavy atom. The van der Waals surface area contributed by atoms with E-state index in [0.29, 0.717) is 15.0 Å². The summed E-state index contributed by atoms with van der Waals surface area (Å²) < 4.78 is 0.997. The first-order chi connectivity index (χ1) is 13.3. The molecular formula is C22H19ClN2OS2. The topological polar surface area (TPSA) is 42.0 Å². The largest absolute Gasteiger partial charge is 0.297 e. The molecule has 0 spiro atoms. The number of amides is 1. The third kappa shape index (κ3) is 3.70. The van der Waals surface area contributed by atoms with Crippen LogP contribution >= 0.6 is 34.3 Å². The number of nitrogens with one attached hydrogen (secondary N) is 1. The first-order valence-electron chi connectivity index (χ1n) is 8.88. The predicted octanol–water partition coefficient (Wildman–Crippen LogP) is 7.23. The Morgan fingerprint density at radius 3 is 2.46 bits per heavy atom. The Hall–Kier alpha value is -2.21. The van der Waals surface area contributed by atoms with E-state index in [4.69, 9.17) is 11.6 Å². The third-order valence-corrected chi connectivity index (χ3v) is 6.94. The number of rotatable bonds is 3. The van der Waals surface area contributed by atoms with Crippen molar-refractivity contribution in [2.45, 2.75) is 26.2 Å². The molecule has 0 aliphatic carbocycles. The molecular weight excluding hydrogens is 408 g/mol. The zero-order chi connectivity index (χ0) is 19.9. The Labute approximate surface area is 177 Å². The number of thiazole rings is 1. The highest BCUT2D eigenvalue weighted by molar-refractivity contribution is 7.21. The summed E-state index contributed by atoms with van der Waals surface area (Å²) >= 11 is 9.20. The van der Waals surface area contributed by atoms with Crippen LogP contribution in [-0.2, 0) is 5.41 Å². The molecule has 0 aliphatic heterocycles. The van der Waals surface area contributed by atoms with Gasteiger partial charge in [0, 0.05) is 21.0 Å². The van der Waals surface area contributed by atoms with E-state index >= 15 is 0 Å². The van der Waals surface area contributed by atoms with Gasteiger partial charge in [-0.2, -0.15) is 0 Å². The van der Waals surface area contributed by atoms with Crippen molar-refractivity contribution in [2.24, 2.45) is 0 Å². The molecule has 1 amide bonds. The van der Waals surface area contributed by atoms with Crippen LogP contribution in [0.1, 0.15) is 36.0 Å². The summed E-state index contributed by atoms with van der Waals surface area (Å²) in [4.78, 5) is 17.8. The lowest BCUT2D eigenvalue weighted by Crippen LogP contribution is -2.10. The van der Waals surface area contributed by atoms with Crippen LogP contribution in [-0.4, -0.2) is 10.9 Å². The van der Waals surface area contributed by atoms with E-state index in [1.807, 2.05) is 29.6 Å². The van der Waals surface area contributed by atoms with E-state index in [2.05, 4.69) is 55.3 Å². The van der Waals surface area contributed by atoms with E-state index in [1.54, 1.807) is 0 Å². The summed E-state index contributed by atoms with van der Waals surface area (Å²) in [6.07, 6.45) is 0. The molecule has 1 N–H and O–H groups in total. The maximum atomic E-state index is 12.7. The predicted molar refractivity (Wildman–Crippen MR) is 121 cm³/mol. The molecule has 6 heteroatoms. The first kappa shape index (κ1) is 19.1. The van der Waals surface area contributed by atoms with E-state index in [0.717, 1.165) is 21.3 Å². The fourth-order valence-corrected chi connectivity index (χ4v) is 5.05. The number of hydrogen-bond donors (Lipinski definition) is 1. The normalized spacial score (nSPS) is 11.7. The molecule has 0 atom stereocenters. The minimum Gasteiger partial charge on any atom is -0.297 e. The fraction of sp³-hybridized carbons (Fsp3) is 0.182. The Balaban J connectivity index is 1.54. The molecule has 4 rings (SSSR count). The highest BCUT2D eigenvalue weighted by atomic mass is 35.5. The summed E-state index contributed by atoms with van der Waals surface area (Å²) in [6.45, 7) is 6.58. The number of hydrogen-bond acceptors (Lipinski definition) is 4. The highest BCUT2D eigenvalue weighted by Crippen LogP contribution is 2.36. The van der Waals surface area contributed by atoms with E-state index in [9.17, 15) is 4.79 Å². The highest BCUT2D eigenvalue weighted by Gasteiger charge is 2.18. The molecule has 4 aromatic rings. The summed E-state index contributed by atoms with van der Waals surface area (Å²) in [7, 11) is 0. The van der Waals surface area contributed by atoms with Gasteiger partial charge in [-0.15, -0.1) is 22.7 Å². The number of halogens is 1. The molecule has 3 nitrogen and oxygen atoms in total. The molecule has 142 valence electrons. The van der Waals surface area contributed by atoms with Gasteiger partial charge in [-0.3, -0.25) is 10.1 Å². The van der Waals surface area contributed by atoms with Gasteiger partial charge in [-0.1, -0.05) is 74.8 Å². The lowest BCUT2D eigenvalue weighted by molar-refractivity contribution is 0.103. The SMILES string of the molecule is CC(C)(C)c1ccc(-c2csc(NC(=O)c3sc4ccccc4c3Cl)n2)cc1. The van der Waals surface area contributed by atoms with Crippen molar-refractivity contribution in [3.8, 4) is 11.3 Å². The second kappa shape index (κ2) is 7.32. The van der Waals surface area contributed by atoms with Crippen LogP contribution in [0, 0.1) is 0 Å². The van der Waals surface area contributed by atoms with Crippen LogP contribution in [0.25, 0.3) is 21.3 Å². The van der Waals surface area contributed by atoms with Gasteiger partial charge in [-0.05, 0) is 17.0 Å². The first-order valence-corrected chi connectivity index (χ1v) is 10.9. The van der Waals surface area contributed by atoms with Crippen LogP contribution in [0.4, 0.5) is 5.13 Å². The maximum Gasteiger partial charge on any atom is 0.269 e. The molecule has 2 heterocycles. The van der Waals surface area contributed by atoms with Gasteiger partial charge >= 0.3 is 0 Å². The second-order valence-corrected chi connectivity index (χ2v) is 9.85. The zero-order valence-electron chi connectivity index (χ0n) is 15.7. The van der Waals surface area contributed by atoms with Gasteiger partial charge in [0.05, 0.1) is 10.7 Å². The minimum absolute atomic E-state index is 0.114. The van der Waals surface area contributed by atoms with Crippen molar-refractivity contribution in [1.82, 2.24) is 4.98 Å². The van der Waals surface area contributed by atoms with Crippen molar-refractivity contribution in [3.63, 3.8) is 0 Å². The molecule has 0 bridgehead atoms. The van der Waals surface area contributed by atoms with Crippen LogP contribution < -0.4 is 5.32 Å². The second-order valence-electron chi connectivity index (χ2n) is 7.56. The number of carbonyl (C=O) groups is 1. The lowest BCUT2D eigenvalue weighted by Gasteiger charge is -2.18. The van der Waals surface area contributed by atoms with Crippen molar-refractivity contribution < 1.29 is 4.79 Å². The van der Waals surface area contributed by atoms with E-state index in [-0.39, 0.29) is 11.3 Å². The summed E-state index contributed by atoms with van der Waals surface area (Å²) in [6, 6.07) is 16.1. The van der Waals surface area contributed by atoms with Crippen LogP contribution in [0.15, 0.2) is 53.9 Å². The Bertz CT molecular complexity index is 1150. The average molecular weight is 427 g/mol. The third-order valence-electron chi connectivity index (χ3n) is 4.51. The van der Waals surface area contributed by atoms with Gasteiger partial charge < -0.3 is 0 Å². The van der Waals surface area contributed by atoms with Gasteiger partial charge in [-0.25, -0.2) is 4.98 Å². The van der Waals surface area contributed by atoms with Crippen molar-refractivity contribution in [1.29, 1.82) is 0 Å². The number of fused-ring (bicyclic) bond motifs is 1. The number of thiophene rings is 1. The molecule has 0 saturated heterocycles. The van der Waals surface area contributed by atoms with Gasteiger partial charge in [0.2, 0.25) is 0 Å². The van der Waals surface area contributed by atoms with E-state index in [1.165, 1.54) is 28.2 Å². The molecule has 2 aromatic carbocycles. The molecule has 0 radical (unpaired) electrons. The van der Waals surface area contributed by atoms with Crippen LogP contribution in [0.2, 0.25) is 5.02 Å². The van der Waals surface area contributed by atoms with Crippen molar-refractivity contribution in [3.05, 3.63) is 69.4 Å².